The molecule has 0 N–H and O–H groups in total. The smallest absolute Gasteiger partial charge is 0.253 e. The summed E-state index contributed by atoms with van der Waals surface area (Å²) in [4.78, 5) is 21.9. The van der Waals surface area contributed by atoms with E-state index in [1.54, 1.807) is 0 Å². The molecule has 0 amide bonds. The number of aromatic nitrogens is 4. The van der Waals surface area contributed by atoms with Crippen molar-refractivity contribution >= 4 is 17.0 Å². The average Bonchev–Trinajstić information content (AvgIpc) is 2.48. The molecule has 0 aromatic carbocycles. The van der Waals surface area contributed by atoms with Crippen molar-refractivity contribution in [1.29, 1.82) is 0 Å². The Bertz CT molecular complexity index is 370. The number of hydrogen-bond acceptors (Lipinski definition) is 4. The maximum absolute atomic E-state index is 11.3. The van der Waals surface area contributed by atoms with Gasteiger partial charge in [0.05, 0.1) is 0 Å². The SMILES string of the molecule is CCCCCn1nnn(C(=O)Cl)c1=O. The minimum Gasteiger partial charge on any atom is -0.253 e. The van der Waals surface area contributed by atoms with E-state index in [1.165, 1.54) is 0 Å². The zero-order chi connectivity index (χ0) is 10.6. The Morgan fingerprint density at radius 1 is 1.43 bits per heavy atom. The van der Waals surface area contributed by atoms with Crippen LogP contribution in [0.4, 0.5) is 4.79 Å². The van der Waals surface area contributed by atoms with Gasteiger partial charge in [0.25, 0.3) is 0 Å². The maximum Gasteiger partial charge on any atom is 0.372 e. The first-order valence-electron chi connectivity index (χ1n) is 4.39. The Morgan fingerprint density at radius 3 is 2.64 bits per heavy atom. The first kappa shape index (κ1) is 10.9. The van der Waals surface area contributed by atoms with E-state index >= 15 is 0 Å². The van der Waals surface area contributed by atoms with E-state index < -0.39 is 11.1 Å². The van der Waals surface area contributed by atoms with Crippen LogP contribution in [0.2, 0.25) is 0 Å². The van der Waals surface area contributed by atoms with Crippen LogP contribution in [0.3, 0.4) is 0 Å². The van der Waals surface area contributed by atoms with Gasteiger partial charge in [-0.3, -0.25) is 4.79 Å². The van der Waals surface area contributed by atoms with Crippen molar-refractivity contribution in [2.24, 2.45) is 0 Å². The lowest BCUT2D eigenvalue weighted by molar-refractivity contribution is 0.257. The summed E-state index contributed by atoms with van der Waals surface area (Å²) in [6.45, 7) is 2.53. The number of carbonyl (C=O) groups excluding carboxylic acids is 1. The van der Waals surface area contributed by atoms with Crippen molar-refractivity contribution < 1.29 is 4.79 Å². The van der Waals surface area contributed by atoms with Gasteiger partial charge < -0.3 is 0 Å². The van der Waals surface area contributed by atoms with Gasteiger partial charge >= 0.3 is 11.1 Å². The molecule has 0 aliphatic heterocycles. The average molecular weight is 219 g/mol. The van der Waals surface area contributed by atoms with Gasteiger partial charge in [0.2, 0.25) is 0 Å². The summed E-state index contributed by atoms with van der Waals surface area (Å²) in [6.07, 6.45) is 2.90. The lowest BCUT2D eigenvalue weighted by Crippen LogP contribution is -2.27. The summed E-state index contributed by atoms with van der Waals surface area (Å²) in [6, 6.07) is 0. The number of tetrazole rings is 1. The highest BCUT2D eigenvalue weighted by Gasteiger charge is 2.10. The fourth-order valence-electron chi connectivity index (χ4n) is 1.04. The van der Waals surface area contributed by atoms with Crippen LogP contribution >= 0.6 is 11.6 Å². The Morgan fingerprint density at radius 2 is 2.14 bits per heavy atom. The first-order valence-corrected chi connectivity index (χ1v) is 4.77. The Balaban J connectivity index is 2.70. The second-order valence-corrected chi connectivity index (χ2v) is 3.18. The molecule has 0 atom stereocenters. The van der Waals surface area contributed by atoms with Gasteiger partial charge in [-0.25, -0.2) is 4.79 Å². The molecule has 1 aromatic heterocycles. The molecule has 6 nitrogen and oxygen atoms in total. The monoisotopic (exact) mass is 218 g/mol. The third-order valence-electron chi connectivity index (χ3n) is 1.78. The van der Waals surface area contributed by atoms with Crippen LogP contribution < -0.4 is 5.69 Å². The second-order valence-electron chi connectivity index (χ2n) is 2.86. The molecule has 14 heavy (non-hydrogen) atoms. The standard InChI is InChI=1S/C7H11ClN4O2/c1-2-3-4-5-11-7(14)12(6(8)13)10-9-11/h2-5H2,1H3. The Hall–Kier alpha value is -1.17. The molecule has 1 rings (SSSR count). The van der Waals surface area contributed by atoms with Crippen LogP contribution in [-0.4, -0.2) is 25.2 Å². The van der Waals surface area contributed by atoms with Gasteiger partial charge in [-0.1, -0.05) is 19.8 Å². The Labute approximate surface area is 85.4 Å². The molecule has 1 aromatic rings. The van der Waals surface area contributed by atoms with Crippen LogP contribution in [0.5, 0.6) is 0 Å². The van der Waals surface area contributed by atoms with Crippen molar-refractivity contribution in [1.82, 2.24) is 19.8 Å². The molecular formula is C7H11ClN4O2. The number of unbranched alkanes of at least 4 members (excludes halogenated alkanes) is 2. The second kappa shape index (κ2) is 4.90. The molecule has 0 spiro atoms. The van der Waals surface area contributed by atoms with Crippen LogP contribution in [0, 0.1) is 0 Å². The lowest BCUT2D eigenvalue weighted by atomic mass is 10.2. The van der Waals surface area contributed by atoms with Gasteiger partial charge in [0.1, 0.15) is 0 Å². The molecule has 1 heterocycles. The molecule has 0 aliphatic carbocycles. The number of hydrogen-bond donors (Lipinski definition) is 0. The maximum atomic E-state index is 11.3. The summed E-state index contributed by atoms with van der Waals surface area (Å²) in [5, 5.41) is 5.92. The van der Waals surface area contributed by atoms with Crippen molar-refractivity contribution in [3.05, 3.63) is 10.5 Å². The first-order chi connectivity index (χ1) is 6.66. The van der Waals surface area contributed by atoms with Crippen molar-refractivity contribution in [2.75, 3.05) is 0 Å². The summed E-state index contributed by atoms with van der Waals surface area (Å²) < 4.78 is 1.67. The fraction of sp³-hybridized carbons (Fsp3) is 0.714. The summed E-state index contributed by atoms with van der Waals surface area (Å²) in [5.74, 6) is 0. The van der Waals surface area contributed by atoms with Crippen molar-refractivity contribution in [2.45, 2.75) is 32.7 Å². The van der Waals surface area contributed by atoms with E-state index in [0.29, 0.717) is 11.2 Å². The minimum atomic E-state index is -0.934. The number of nitrogens with zero attached hydrogens (tertiary/aromatic N) is 4. The molecule has 78 valence electrons. The molecule has 0 fully saturated rings. The van der Waals surface area contributed by atoms with E-state index in [1.807, 2.05) is 0 Å². The fourth-order valence-corrected chi connectivity index (χ4v) is 1.14. The molecule has 0 aliphatic rings. The zero-order valence-corrected chi connectivity index (χ0v) is 8.57. The number of carbonyl (C=O) groups is 1. The van der Waals surface area contributed by atoms with Gasteiger partial charge in [-0.05, 0) is 28.4 Å². The molecular weight excluding hydrogens is 208 g/mol. The summed E-state index contributed by atoms with van der Waals surface area (Å²) in [7, 11) is 0. The number of rotatable bonds is 4. The van der Waals surface area contributed by atoms with E-state index in [0.717, 1.165) is 23.9 Å². The third kappa shape index (κ3) is 2.41. The molecule has 0 unspecified atom stereocenters. The lowest BCUT2D eigenvalue weighted by Gasteiger charge is -1.95. The van der Waals surface area contributed by atoms with E-state index in [2.05, 4.69) is 17.4 Å². The molecule has 0 saturated heterocycles. The summed E-state index contributed by atoms with van der Waals surface area (Å²) in [5.41, 5.74) is -0.582. The summed E-state index contributed by atoms with van der Waals surface area (Å²) >= 11 is 5.09. The van der Waals surface area contributed by atoms with Crippen molar-refractivity contribution in [3.8, 4) is 0 Å². The molecule has 0 bridgehead atoms. The van der Waals surface area contributed by atoms with Crippen molar-refractivity contribution in [3.63, 3.8) is 0 Å². The zero-order valence-electron chi connectivity index (χ0n) is 7.81. The number of aryl methyl sites for hydroxylation is 1. The number of halogens is 1. The van der Waals surface area contributed by atoms with Crippen LogP contribution in [0.1, 0.15) is 26.2 Å². The van der Waals surface area contributed by atoms with Crippen LogP contribution in [-0.2, 0) is 6.54 Å². The predicted molar refractivity (Wildman–Crippen MR) is 50.5 cm³/mol. The normalized spacial score (nSPS) is 10.4. The predicted octanol–water partition coefficient (Wildman–Crippen LogP) is 0.837. The highest BCUT2D eigenvalue weighted by Crippen LogP contribution is 1.94. The quantitative estimate of drug-likeness (QED) is 0.427. The highest BCUT2D eigenvalue weighted by atomic mass is 35.5. The third-order valence-corrected chi connectivity index (χ3v) is 1.94. The van der Waals surface area contributed by atoms with Gasteiger partial charge in [0, 0.05) is 6.54 Å². The van der Waals surface area contributed by atoms with E-state index in [-0.39, 0.29) is 0 Å². The van der Waals surface area contributed by atoms with Gasteiger partial charge in [-0.2, -0.15) is 4.68 Å². The minimum absolute atomic E-state index is 0.469. The van der Waals surface area contributed by atoms with Crippen LogP contribution in [0.25, 0.3) is 0 Å². The van der Waals surface area contributed by atoms with E-state index in [4.69, 9.17) is 11.6 Å². The highest BCUT2D eigenvalue weighted by molar-refractivity contribution is 6.63. The topological polar surface area (TPSA) is 69.8 Å². The molecule has 0 radical (unpaired) electrons. The van der Waals surface area contributed by atoms with E-state index in [9.17, 15) is 9.59 Å². The van der Waals surface area contributed by atoms with Crippen LogP contribution in [0.15, 0.2) is 4.79 Å². The Kier molecular flexibility index (Phi) is 3.82. The molecule has 7 heteroatoms. The molecule has 0 saturated carbocycles. The van der Waals surface area contributed by atoms with Gasteiger partial charge in [-0.15, -0.1) is 4.68 Å². The van der Waals surface area contributed by atoms with Gasteiger partial charge in [0.15, 0.2) is 0 Å². The largest absolute Gasteiger partial charge is 0.372 e.